The molecule has 5 heteroatoms. The van der Waals surface area contributed by atoms with Gasteiger partial charge in [0.05, 0.1) is 18.7 Å². The molecule has 0 bridgehead atoms. The standard InChI is InChI=1S/C28H41NO4/c1-4-6-7-8-9-10-11-12-24-13-18-27(29-21-24)25-14-16-26(17-15-25)32-22-23(3)33-28(30)19-20-31-5-2/h13-18,21,23H,4-12,19-20,22H2,1-3H3. The van der Waals surface area contributed by atoms with Crippen molar-refractivity contribution in [3.63, 3.8) is 0 Å². The number of carbonyl (C=O) groups excluding carboxylic acids is 1. The number of carbonyl (C=O) groups is 1. The van der Waals surface area contributed by atoms with E-state index in [9.17, 15) is 4.79 Å². The van der Waals surface area contributed by atoms with Crippen LogP contribution in [0.3, 0.4) is 0 Å². The highest BCUT2D eigenvalue weighted by molar-refractivity contribution is 5.69. The topological polar surface area (TPSA) is 57.7 Å². The zero-order valence-electron chi connectivity index (χ0n) is 20.7. The minimum atomic E-state index is -0.315. The Hall–Kier alpha value is -2.40. The Morgan fingerprint density at radius 1 is 0.939 bits per heavy atom. The van der Waals surface area contributed by atoms with Gasteiger partial charge in [0.1, 0.15) is 18.5 Å². The maximum atomic E-state index is 11.7. The molecule has 0 N–H and O–H groups in total. The zero-order chi connectivity index (χ0) is 23.7. The van der Waals surface area contributed by atoms with Crippen LogP contribution in [-0.2, 0) is 20.7 Å². The second-order valence-electron chi connectivity index (χ2n) is 8.51. The lowest BCUT2D eigenvalue weighted by Gasteiger charge is -2.14. The fourth-order valence-electron chi connectivity index (χ4n) is 3.58. The van der Waals surface area contributed by atoms with Gasteiger partial charge in [0.2, 0.25) is 0 Å². The molecule has 1 unspecified atom stereocenters. The van der Waals surface area contributed by atoms with E-state index in [2.05, 4.69) is 24.0 Å². The predicted molar refractivity (Wildman–Crippen MR) is 134 cm³/mol. The number of pyridine rings is 1. The Labute approximate surface area is 199 Å². The molecule has 2 rings (SSSR count). The van der Waals surface area contributed by atoms with Gasteiger partial charge < -0.3 is 14.2 Å². The summed E-state index contributed by atoms with van der Waals surface area (Å²) in [6.45, 7) is 7.28. The minimum absolute atomic E-state index is 0.262. The predicted octanol–water partition coefficient (Wildman–Crippen LogP) is 6.78. The molecule has 1 aromatic carbocycles. The molecule has 0 saturated carbocycles. The van der Waals surface area contributed by atoms with Crippen molar-refractivity contribution in [2.24, 2.45) is 0 Å². The monoisotopic (exact) mass is 455 g/mol. The second-order valence-corrected chi connectivity index (χ2v) is 8.51. The number of ether oxygens (including phenoxy) is 3. The van der Waals surface area contributed by atoms with Crippen LogP contribution >= 0.6 is 0 Å². The molecule has 1 heterocycles. The summed E-state index contributed by atoms with van der Waals surface area (Å²) in [6, 6.07) is 12.1. The number of esters is 1. The van der Waals surface area contributed by atoms with Crippen LogP contribution in [0.2, 0.25) is 0 Å². The number of unbranched alkanes of at least 4 members (excludes halogenated alkanes) is 6. The third kappa shape index (κ3) is 11.3. The number of benzene rings is 1. The summed E-state index contributed by atoms with van der Waals surface area (Å²) in [5.41, 5.74) is 3.32. The molecule has 0 amide bonds. The van der Waals surface area contributed by atoms with Crippen molar-refractivity contribution in [3.8, 4) is 17.0 Å². The highest BCUT2D eigenvalue weighted by Gasteiger charge is 2.10. The Kier molecular flexibility index (Phi) is 13.2. The number of hydrogen-bond donors (Lipinski definition) is 0. The maximum absolute atomic E-state index is 11.7. The zero-order valence-corrected chi connectivity index (χ0v) is 20.7. The number of aryl methyl sites for hydroxylation is 1. The van der Waals surface area contributed by atoms with Crippen LogP contribution in [0, 0.1) is 0 Å². The molecule has 182 valence electrons. The van der Waals surface area contributed by atoms with E-state index < -0.39 is 0 Å². The quantitative estimate of drug-likeness (QED) is 0.194. The Balaban J connectivity index is 1.70. The Morgan fingerprint density at radius 2 is 1.67 bits per heavy atom. The van der Waals surface area contributed by atoms with E-state index in [1.54, 1.807) is 0 Å². The summed E-state index contributed by atoms with van der Waals surface area (Å²) in [7, 11) is 0. The largest absolute Gasteiger partial charge is 0.490 e. The molecule has 1 atom stereocenters. The van der Waals surface area contributed by atoms with Crippen LogP contribution in [0.4, 0.5) is 0 Å². The van der Waals surface area contributed by atoms with Crippen LogP contribution in [0.1, 0.15) is 77.7 Å². The van der Waals surface area contributed by atoms with Crippen LogP contribution < -0.4 is 4.74 Å². The SMILES string of the molecule is CCCCCCCCCc1ccc(-c2ccc(OCC(C)OC(=O)CCOCC)cc2)nc1. The fourth-order valence-corrected chi connectivity index (χ4v) is 3.58. The summed E-state index contributed by atoms with van der Waals surface area (Å²) in [4.78, 5) is 16.4. The Bertz CT molecular complexity index is 773. The highest BCUT2D eigenvalue weighted by Crippen LogP contribution is 2.21. The van der Waals surface area contributed by atoms with E-state index in [0.717, 1.165) is 23.4 Å². The van der Waals surface area contributed by atoms with E-state index >= 15 is 0 Å². The summed E-state index contributed by atoms with van der Waals surface area (Å²) in [5, 5.41) is 0. The molecular formula is C28H41NO4. The molecule has 0 fully saturated rings. The molecule has 0 aliphatic heterocycles. The lowest BCUT2D eigenvalue weighted by Crippen LogP contribution is -2.22. The van der Waals surface area contributed by atoms with Gasteiger partial charge in [0.15, 0.2) is 0 Å². The van der Waals surface area contributed by atoms with Crippen molar-refractivity contribution in [3.05, 3.63) is 48.2 Å². The number of rotatable bonds is 17. The minimum Gasteiger partial charge on any atom is -0.490 e. The molecular weight excluding hydrogens is 414 g/mol. The van der Waals surface area contributed by atoms with Gasteiger partial charge in [-0.25, -0.2) is 0 Å². The summed E-state index contributed by atoms with van der Waals surface area (Å²) < 4.78 is 16.3. The van der Waals surface area contributed by atoms with Crippen molar-refractivity contribution >= 4 is 5.97 Å². The second kappa shape index (κ2) is 16.2. The average Bonchev–Trinajstić information content (AvgIpc) is 2.83. The van der Waals surface area contributed by atoms with Crippen molar-refractivity contribution < 1.29 is 19.0 Å². The van der Waals surface area contributed by atoms with Gasteiger partial charge in [-0.05, 0) is 62.6 Å². The lowest BCUT2D eigenvalue weighted by molar-refractivity contribution is -0.150. The molecule has 2 aromatic rings. The molecule has 0 saturated heterocycles. The van der Waals surface area contributed by atoms with E-state index in [-0.39, 0.29) is 18.5 Å². The molecule has 5 nitrogen and oxygen atoms in total. The van der Waals surface area contributed by atoms with Gasteiger partial charge >= 0.3 is 5.97 Å². The van der Waals surface area contributed by atoms with E-state index in [1.807, 2.05) is 44.3 Å². The summed E-state index contributed by atoms with van der Waals surface area (Å²) >= 11 is 0. The molecule has 33 heavy (non-hydrogen) atoms. The number of nitrogens with zero attached hydrogens (tertiary/aromatic N) is 1. The van der Waals surface area contributed by atoms with Crippen LogP contribution in [0.5, 0.6) is 5.75 Å². The fraction of sp³-hybridized carbons (Fsp3) is 0.571. The molecule has 0 aliphatic rings. The molecule has 1 aromatic heterocycles. The third-order valence-electron chi connectivity index (χ3n) is 5.52. The molecule has 0 radical (unpaired) electrons. The number of hydrogen-bond acceptors (Lipinski definition) is 5. The first-order valence-corrected chi connectivity index (χ1v) is 12.6. The highest BCUT2D eigenvalue weighted by atomic mass is 16.6. The first kappa shape index (κ1) is 26.8. The van der Waals surface area contributed by atoms with Crippen LogP contribution in [-0.4, -0.2) is 36.9 Å². The Morgan fingerprint density at radius 3 is 2.33 bits per heavy atom. The first-order valence-electron chi connectivity index (χ1n) is 12.6. The first-order chi connectivity index (χ1) is 16.1. The van der Waals surface area contributed by atoms with E-state index in [4.69, 9.17) is 14.2 Å². The molecule has 0 spiro atoms. The van der Waals surface area contributed by atoms with Gasteiger partial charge in [-0.15, -0.1) is 0 Å². The van der Waals surface area contributed by atoms with Crippen molar-refractivity contribution in [1.82, 2.24) is 4.98 Å². The molecule has 0 aliphatic carbocycles. The maximum Gasteiger partial charge on any atom is 0.308 e. The van der Waals surface area contributed by atoms with Crippen molar-refractivity contribution in [2.75, 3.05) is 19.8 Å². The van der Waals surface area contributed by atoms with Gasteiger partial charge in [-0.3, -0.25) is 9.78 Å². The third-order valence-corrected chi connectivity index (χ3v) is 5.52. The smallest absolute Gasteiger partial charge is 0.308 e. The van der Waals surface area contributed by atoms with Gasteiger partial charge in [-0.2, -0.15) is 0 Å². The van der Waals surface area contributed by atoms with Gasteiger partial charge in [0.25, 0.3) is 0 Å². The van der Waals surface area contributed by atoms with E-state index in [1.165, 1.54) is 50.5 Å². The number of aromatic nitrogens is 1. The van der Waals surface area contributed by atoms with Gasteiger partial charge in [0, 0.05) is 18.4 Å². The summed E-state index contributed by atoms with van der Waals surface area (Å²) in [6.07, 6.45) is 12.3. The van der Waals surface area contributed by atoms with E-state index in [0.29, 0.717) is 19.8 Å². The van der Waals surface area contributed by atoms with Crippen molar-refractivity contribution in [2.45, 2.75) is 84.7 Å². The normalized spacial score (nSPS) is 11.8. The van der Waals surface area contributed by atoms with Crippen molar-refractivity contribution in [1.29, 1.82) is 0 Å². The average molecular weight is 456 g/mol. The van der Waals surface area contributed by atoms with Crippen LogP contribution in [0.15, 0.2) is 42.6 Å². The van der Waals surface area contributed by atoms with Gasteiger partial charge in [-0.1, -0.05) is 51.5 Å². The lowest BCUT2D eigenvalue weighted by atomic mass is 10.0. The van der Waals surface area contributed by atoms with Crippen LogP contribution in [0.25, 0.3) is 11.3 Å². The summed E-state index contributed by atoms with van der Waals surface area (Å²) in [5.74, 6) is 0.475.